The lowest BCUT2D eigenvalue weighted by Crippen LogP contribution is -2.11. The fourth-order valence-electron chi connectivity index (χ4n) is 1.73. The molecule has 3 aromatic heterocycles. The number of imidazole rings is 1. The summed E-state index contributed by atoms with van der Waals surface area (Å²) in [6.45, 7) is 0. The molecule has 0 aliphatic heterocycles. The summed E-state index contributed by atoms with van der Waals surface area (Å²) in [6, 6.07) is 3.69. The van der Waals surface area contributed by atoms with Crippen LogP contribution in [0.1, 0.15) is 5.69 Å². The topological polar surface area (TPSA) is 83.2 Å². The highest BCUT2D eigenvalue weighted by atomic mass is 32.2. The molecule has 2 N–H and O–H groups in total. The summed E-state index contributed by atoms with van der Waals surface area (Å²) in [5.74, 6) is 0.313. The maximum atomic E-state index is 8.14. The Kier molecular flexibility index (Phi) is 2.60. The van der Waals surface area contributed by atoms with E-state index in [1.54, 1.807) is 17.1 Å². The second-order valence-corrected chi connectivity index (χ2v) is 4.40. The molecule has 0 aliphatic carbocycles. The van der Waals surface area contributed by atoms with E-state index >= 15 is 0 Å². The lowest BCUT2D eigenvalue weighted by molar-refractivity contribution is 1.06. The van der Waals surface area contributed by atoms with Gasteiger partial charge in [-0.3, -0.25) is 9.98 Å². The van der Waals surface area contributed by atoms with Gasteiger partial charge in [-0.2, -0.15) is 0 Å². The molecular weight excluding hydrogens is 248 g/mol. The van der Waals surface area contributed by atoms with Crippen LogP contribution in [0.4, 0.5) is 0 Å². The molecule has 0 saturated carbocycles. The van der Waals surface area contributed by atoms with Crippen molar-refractivity contribution in [3.05, 3.63) is 36.7 Å². The third-order valence-electron chi connectivity index (χ3n) is 2.59. The maximum absolute atomic E-state index is 8.14. The van der Waals surface area contributed by atoms with E-state index in [9.17, 15) is 0 Å². The molecular formula is C11H10N6S. The van der Waals surface area contributed by atoms with Crippen LogP contribution in [0.2, 0.25) is 0 Å². The summed E-state index contributed by atoms with van der Waals surface area (Å²) >= 11 is 1.52. The van der Waals surface area contributed by atoms with E-state index < -0.39 is 0 Å². The first-order chi connectivity index (χ1) is 8.81. The molecule has 0 saturated heterocycles. The van der Waals surface area contributed by atoms with Gasteiger partial charge >= 0.3 is 0 Å². The van der Waals surface area contributed by atoms with Crippen molar-refractivity contribution in [2.45, 2.75) is 5.03 Å². The quantitative estimate of drug-likeness (QED) is 0.317. The van der Waals surface area contributed by atoms with E-state index in [-0.39, 0.29) is 0 Å². The second kappa shape index (κ2) is 4.26. The molecule has 0 spiro atoms. The van der Waals surface area contributed by atoms with Crippen molar-refractivity contribution in [3.8, 4) is 0 Å². The number of aromatic amines is 1. The first-order valence-corrected chi connectivity index (χ1v) is 6.48. The Balaban J connectivity index is 2.17. The lowest BCUT2D eigenvalue weighted by atomic mass is 10.4. The first kappa shape index (κ1) is 11.0. The molecule has 3 aromatic rings. The van der Waals surface area contributed by atoms with Crippen molar-refractivity contribution in [3.63, 3.8) is 0 Å². The maximum Gasteiger partial charge on any atom is 0.170 e. The van der Waals surface area contributed by atoms with Crippen LogP contribution >= 0.6 is 11.8 Å². The summed E-state index contributed by atoms with van der Waals surface area (Å²) in [4.78, 5) is 15.6. The van der Waals surface area contributed by atoms with Gasteiger partial charge in [0.05, 0.1) is 5.69 Å². The van der Waals surface area contributed by atoms with Crippen LogP contribution in [0.3, 0.4) is 0 Å². The summed E-state index contributed by atoms with van der Waals surface area (Å²) in [7, 11) is 0. The largest absolute Gasteiger partial charge is 0.359 e. The van der Waals surface area contributed by atoms with E-state index in [4.69, 9.17) is 5.41 Å². The number of hydrogen-bond donors (Lipinski definition) is 2. The highest BCUT2D eigenvalue weighted by Gasteiger charge is 2.13. The minimum atomic E-state index is 0.313. The van der Waals surface area contributed by atoms with E-state index in [1.807, 2.05) is 18.4 Å². The highest BCUT2D eigenvalue weighted by Crippen LogP contribution is 2.21. The molecule has 90 valence electrons. The number of hydrogen-bond acceptors (Lipinski definition) is 5. The molecule has 7 heteroatoms. The van der Waals surface area contributed by atoms with Gasteiger partial charge in [0, 0.05) is 6.20 Å². The molecule has 0 amide bonds. The summed E-state index contributed by atoms with van der Waals surface area (Å²) in [6.07, 6.45) is 6.82. The van der Waals surface area contributed by atoms with E-state index in [0.717, 1.165) is 16.2 Å². The van der Waals surface area contributed by atoms with Gasteiger partial charge in [-0.15, -0.1) is 11.8 Å². The monoisotopic (exact) mass is 258 g/mol. The molecule has 0 bridgehead atoms. The molecule has 0 unspecified atom stereocenters. The standard InChI is InChI=1S/C11H10N6S/c1-18-11-8-10(14-5-15-11)17(6-16-8)9(12)7-3-2-4-13-7/h2-6,12-13H,1H3. The van der Waals surface area contributed by atoms with Crippen LogP contribution in [0.25, 0.3) is 11.2 Å². The van der Waals surface area contributed by atoms with Gasteiger partial charge in [-0.05, 0) is 18.4 Å². The average Bonchev–Trinajstić information content (AvgIpc) is 3.06. The zero-order valence-electron chi connectivity index (χ0n) is 9.58. The smallest absolute Gasteiger partial charge is 0.170 e. The number of thioether (sulfide) groups is 1. The van der Waals surface area contributed by atoms with Gasteiger partial charge in [-0.1, -0.05) is 0 Å². The Morgan fingerprint density at radius 1 is 1.39 bits per heavy atom. The van der Waals surface area contributed by atoms with Crippen molar-refractivity contribution >= 4 is 28.8 Å². The predicted octanol–water partition coefficient (Wildman–Crippen LogP) is 1.75. The minimum Gasteiger partial charge on any atom is -0.359 e. The number of aromatic nitrogens is 5. The predicted molar refractivity (Wildman–Crippen MR) is 70.1 cm³/mol. The third kappa shape index (κ3) is 1.60. The Hall–Kier alpha value is -2.15. The Bertz CT molecular complexity index is 699. The van der Waals surface area contributed by atoms with Crippen LogP contribution in [0.15, 0.2) is 36.0 Å². The molecule has 6 nitrogen and oxygen atoms in total. The minimum absolute atomic E-state index is 0.313. The Labute approximate surface area is 107 Å². The third-order valence-corrected chi connectivity index (χ3v) is 3.27. The second-order valence-electron chi connectivity index (χ2n) is 3.60. The fourth-order valence-corrected chi connectivity index (χ4v) is 2.22. The van der Waals surface area contributed by atoms with Crippen molar-refractivity contribution in [1.82, 2.24) is 24.5 Å². The van der Waals surface area contributed by atoms with Crippen molar-refractivity contribution < 1.29 is 0 Å². The van der Waals surface area contributed by atoms with Crippen molar-refractivity contribution in [2.24, 2.45) is 0 Å². The Morgan fingerprint density at radius 3 is 3.00 bits per heavy atom. The summed E-state index contributed by atoms with van der Waals surface area (Å²) in [5.41, 5.74) is 2.09. The number of nitrogens with one attached hydrogen (secondary N) is 2. The number of nitrogens with zero attached hydrogens (tertiary/aromatic N) is 4. The molecule has 3 rings (SSSR count). The molecule has 0 atom stereocenters. The molecule has 3 heterocycles. The van der Waals surface area contributed by atoms with E-state index in [0.29, 0.717) is 11.5 Å². The lowest BCUT2D eigenvalue weighted by Gasteiger charge is -2.03. The van der Waals surface area contributed by atoms with Crippen LogP contribution in [0.5, 0.6) is 0 Å². The Morgan fingerprint density at radius 2 is 2.28 bits per heavy atom. The van der Waals surface area contributed by atoms with Crippen LogP contribution in [-0.2, 0) is 0 Å². The fraction of sp³-hybridized carbons (Fsp3) is 0.0909. The average molecular weight is 258 g/mol. The number of rotatable bonds is 2. The molecule has 0 aliphatic rings. The molecule has 0 fully saturated rings. The molecule has 0 aromatic carbocycles. The van der Waals surface area contributed by atoms with Gasteiger partial charge < -0.3 is 4.98 Å². The van der Waals surface area contributed by atoms with Crippen molar-refractivity contribution in [2.75, 3.05) is 6.26 Å². The highest BCUT2D eigenvalue weighted by molar-refractivity contribution is 7.98. The van der Waals surface area contributed by atoms with Gasteiger partial charge in [-0.25, -0.2) is 15.0 Å². The molecule has 18 heavy (non-hydrogen) atoms. The summed E-state index contributed by atoms with van der Waals surface area (Å²) < 4.78 is 1.64. The number of H-pyrrole nitrogens is 1. The van der Waals surface area contributed by atoms with E-state index in [2.05, 4.69) is 19.9 Å². The van der Waals surface area contributed by atoms with Crippen LogP contribution in [0, 0.1) is 5.41 Å². The van der Waals surface area contributed by atoms with Crippen LogP contribution in [-0.4, -0.2) is 36.6 Å². The van der Waals surface area contributed by atoms with Gasteiger partial charge in [0.15, 0.2) is 11.5 Å². The van der Waals surface area contributed by atoms with Crippen LogP contribution < -0.4 is 0 Å². The van der Waals surface area contributed by atoms with Crippen molar-refractivity contribution in [1.29, 1.82) is 5.41 Å². The molecule has 0 radical (unpaired) electrons. The first-order valence-electron chi connectivity index (χ1n) is 5.26. The number of fused-ring (bicyclic) bond motifs is 1. The zero-order valence-corrected chi connectivity index (χ0v) is 10.4. The van der Waals surface area contributed by atoms with Gasteiger partial charge in [0.2, 0.25) is 0 Å². The normalized spacial score (nSPS) is 10.9. The SMILES string of the molecule is CSc1ncnc2c1ncn2C(=N)c1ccc[nH]1. The van der Waals surface area contributed by atoms with Gasteiger partial charge in [0.25, 0.3) is 0 Å². The summed E-state index contributed by atoms with van der Waals surface area (Å²) in [5, 5.41) is 8.96. The van der Waals surface area contributed by atoms with Gasteiger partial charge in [0.1, 0.15) is 23.2 Å². The van der Waals surface area contributed by atoms with E-state index in [1.165, 1.54) is 18.1 Å². The zero-order chi connectivity index (χ0) is 12.5.